The van der Waals surface area contributed by atoms with E-state index in [1.165, 1.54) is 6.08 Å². The smallest absolute Gasteiger partial charge is 0.207 e. The first kappa shape index (κ1) is 18.8. The van der Waals surface area contributed by atoms with Gasteiger partial charge in [0.25, 0.3) is 0 Å². The standard InChI is InChI=1S/C23H18ClN3O2/c1-29-19-11-5-16(6-12-19)23-26-22(20-4-2-3-15-27(20)23)21(28)13-14-25-18-9-7-17(24)8-10-18/h2-15,25H,1H3/b14-13-. The molecule has 0 amide bonds. The van der Waals surface area contributed by atoms with Crippen molar-refractivity contribution in [1.29, 1.82) is 0 Å². The van der Waals surface area contributed by atoms with Gasteiger partial charge >= 0.3 is 0 Å². The van der Waals surface area contributed by atoms with Crippen molar-refractivity contribution in [1.82, 2.24) is 9.38 Å². The molecule has 0 atom stereocenters. The Bertz CT molecular complexity index is 1180. The zero-order valence-corrected chi connectivity index (χ0v) is 16.4. The van der Waals surface area contributed by atoms with Gasteiger partial charge in [0.1, 0.15) is 17.3 Å². The number of pyridine rings is 1. The van der Waals surface area contributed by atoms with Gasteiger partial charge in [-0.05, 0) is 60.7 Å². The van der Waals surface area contributed by atoms with Crippen LogP contribution in [0.3, 0.4) is 0 Å². The number of allylic oxidation sites excluding steroid dienone is 1. The third kappa shape index (κ3) is 4.00. The largest absolute Gasteiger partial charge is 0.497 e. The summed E-state index contributed by atoms with van der Waals surface area (Å²) in [5.74, 6) is 1.28. The second kappa shape index (κ2) is 8.20. The zero-order chi connectivity index (χ0) is 20.2. The van der Waals surface area contributed by atoms with Crippen LogP contribution in [0, 0.1) is 0 Å². The maximum Gasteiger partial charge on any atom is 0.207 e. The van der Waals surface area contributed by atoms with Crippen molar-refractivity contribution in [3.05, 3.63) is 95.9 Å². The number of ketones is 1. The highest BCUT2D eigenvalue weighted by Gasteiger charge is 2.16. The van der Waals surface area contributed by atoms with Crippen molar-refractivity contribution < 1.29 is 9.53 Å². The molecule has 0 aliphatic heterocycles. The maximum absolute atomic E-state index is 12.8. The predicted octanol–water partition coefficient (Wildman–Crippen LogP) is 5.47. The van der Waals surface area contributed by atoms with Crippen LogP contribution in [0.25, 0.3) is 16.9 Å². The maximum atomic E-state index is 12.8. The summed E-state index contributed by atoms with van der Waals surface area (Å²) in [6, 6.07) is 20.5. The van der Waals surface area contributed by atoms with Crippen LogP contribution >= 0.6 is 11.6 Å². The number of fused-ring (bicyclic) bond motifs is 1. The van der Waals surface area contributed by atoms with Crippen LogP contribution in [0.4, 0.5) is 5.69 Å². The number of nitrogens with zero attached hydrogens (tertiary/aromatic N) is 2. The van der Waals surface area contributed by atoms with Crippen LogP contribution < -0.4 is 10.1 Å². The Balaban J connectivity index is 1.63. The lowest BCUT2D eigenvalue weighted by Gasteiger charge is -2.03. The van der Waals surface area contributed by atoms with Crippen LogP contribution in [0.15, 0.2) is 85.2 Å². The molecule has 6 heteroatoms. The molecule has 5 nitrogen and oxygen atoms in total. The van der Waals surface area contributed by atoms with Crippen molar-refractivity contribution in [3.63, 3.8) is 0 Å². The van der Waals surface area contributed by atoms with E-state index < -0.39 is 0 Å². The average molecular weight is 404 g/mol. The number of imidazole rings is 1. The zero-order valence-electron chi connectivity index (χ0n) is 15.7. The Morgan fingerprint density at radius 1 is 1.07 bits per heavy atom. The van der Waals surface area contributed by atoms with E-state index in [2.05, 4.69) is 10.3 Å². The number of nitrogens with one attached hydrogen (secondary N) is 1. The van der Waals surface area contributed by atoms with E-state index in [0.29, 0.717) is 16.5 Å². The summed E-state index contributed by atoms with van der Waals surface area (Å²) in [6.45, 7) is 0. The number of rotatable bonds is 6. The van der Waals surface area contributed by atoms with E-state index >= 15 is 0 Å². The molecule has 2 aromatic heterocycles. The van der Waals surface area contributed by atoms with Crippen molar-refractivity contribution in [2.45, 2.75) is 0 Å². The fraction of sp³-hybridized carbons (Fsp3) is 0.0435. The molecule has 0 bridgehead atoms. The molecule has 0 saturated heterocycles. The van der Waals surface area contributed by atoms with E-state index in [4.69, 9.17) is 16.3 Å². The second-order valence-corrected chi connectivity index (χ2v) is 6.75. The van der Waals surface area contributed by atoms with Crippen LogP contribution in [0.5, 0.6) is 5.75 Å². The Morgan fingerprint density at radius 2 is 1.83 bits per heavy atom. The number of aromatic nitrogens is 2. The number of methoxy groups -OCH3 is 1. The highest BCUT2D eigenvalue weighted by Crippen LogP contribution is 2.25. The van der Waals surface area contributed by atoms with Gasteiger partial charge in [0.15, 0.2) is 0 Å². The van der Waals surface area contributed by atoms with Crippen LogP contribution in [0.2, 0.25) is 5.02 Å². The van der Waals surface area contributed by atoms with Crippen LogP contribution in [-0.4, -0.2) is 22.3 Å². The summed E-state index contributed by atoms with van der Waals surface area (Å²) in [5.41, 5.74) is 2.88. The first-order chi connectivity index (χ1) is 14.2. The predicted molar refractivity (Wildman–Crippen MR) is 116 cm³/mol. The number of halogens is 1. The molecule has 4 aromatic rings. The van der Waals surface area contributed by atoms with Crippen molar-refractivity contribution >= 4 is 28.6 Å². The van der Waals surface area contributed by atoms with Gasteiger partial charge in [0.05, 0.1) is 12.6 Å². The minimum Gasteiger partial charge on any atom is -0.497 e. The van der Waals surface area contributed by atoms with Gasteiger partial charge in [-0.2, -0.15) is 0 Å². The molecule has 0 aliphatic rings. The number of ether oxygens (including phenoxy) is 1. The van der Waals surface area contributed by atoms with Gasteiger partial charge < -0.3 is 10.1 Å². The summed E-state index contributed by atoms with van der Waals surface area (Å²) in [6.07, 6.45) is 4.98. The topological polar surface area (TPSA) is 55.6 Å². The minimum atomic E-state index is -0.185. The monoisotopic (exact) mass is 403 g/mol. The normalized spacial score (nSPS) is 11.1. The second-order valence-electron chi connectivity index (χ2n) is 6.32. The summed E-state index contributed by atoms with van der Waals surface area (Å²) >= 11 is 5.88. The Labute approximate surface area is 173 Å². The highest BCUT2D eigenvalue weighted by molar-refractivity contribution is 6.30. The molecular formula is C23H18ClN3O2. The van der Waals surface area contributed by atoms with Gasteiger partial charge in [-0.25, -0.2) is 4.98 Å². The summed E-state index contributed by atoms with van der Waals surface area (Å²) < 4.78 is 7.13. The van der Waals surface area contributed by atoms with Crippen molar-refractivity contribution in [3.8, 4) is 17.1 Å². The first-order valence-electron chi connectivity index (χ1n) is 9.00. The Morgan fingerprint density at radius 3 is 2.55 bits per heavy atom. The van der Waals surface area contributed by atoms with E-state index in [9.17, 15) is 4.79 Å². The van der Waals surface area contributed by atoms with Crippen LogP contribution in [-0.2, 0) is 0 Å². The summed E-state index contributed by atoms with van der Waals surface area (Å²) in [7, 11) is 1.63. The summed E-state index contributed by atoms with van der Waals surface area (Å²) in [5, 5.41) is 3.72. The van der Waals surface area contributed by atoms with Gasteiger partial charge in [-0.3, -0.25) is 9.20 Å². The summed E-state index contributed by atoms with van der Waals surface area (Å²) in [4.78, 5) is 17.4. The number of carbonyl (C=O) groups excluding carboxylic acids is 1. The lowest BCUT2D eigenvalue weighted by atomic mass is 10.2. The SMILES string of the molecule is COc1ccc(-c2nc(C(=O)/C=C\Nc3ccc(Cl)cc3)c3ccccn23)cc1. The number of hydrogen-bond donors (Lipinski definition) is 1. The van der Waals surface area contributed by atoms with Crippen LogP contribution in [0.1, 0.15) is 10.5 Å². The average Bonchev–Trinajstić information content (AvgIpc) is 3.15. The Kier molecular flexibility index (Phi) is 5.31. The molecule has 0 unspecified atom stereocenters. The fourth-order valence-electron chi connectivity index (χ4n) is 3.00. The molecular weight excluding hydrogens is 386 g/mol. The van der Waals surface area contributed by atoms with E-state index in [1.54, 1.807) is 25.4 Å². The van der Waals surface area contributed by atoms with Gasteiger partial charge in [-0.1, -0.05) is 17.7 Å². The molecule has 0 saturated carbocycles. The third-order valence-electron chi connectivity index (χ3n) is 4.46. The number of anilines is 1. The molecule has 144 valence electrons. The molecule has 2 aromatic carbocycles. The van der Waals surface area contributed by atoms with Crippen molar-refractivity contribution in [2.75, 3.05) is 12.4 Å². The molecule has 0 spiro atoms. The Hall–Kier alpha value is -3.57. The van der Waals surface area contributed by atoms with Gasteiger partial charge in [0.2, 0.25) is 5.78 Å². The number of carbonyl (C=O) groups is 1. The fourth-order valence-corrected chi connectivity index (χ4v) is 3.13. The minimum absolute atomic E-state index is 0.185. The van der Waals surface area contributed by atoms with Gasteiger partial charge in [0, 0.05) is 34.7 Å². The molecule has 0 fully saturated rings. The number of benzene rings is 2. The third-order valence-corrected chi connectivity index (χ3v) is 4.71. The quantitative estimate of drug-likeness (QED) is 0.342. The van der Waals surface area contributed by atoms with Crippen molar-refractivity contribution in [2.24, 2.45) is 0 Å². The van der Waals surface area contributed by atoms with Gasteiger partial charge in [-0.15, -0.1) is 0 Å². The molecule has 1 N–H and O–H groups in total. The molecule has 0 radical (unpaired) electrons. The molecule has 4 rings (SSSR count). The molecule has 0 aliphatic carbocycles. The molecule has 2 heterocycles. The first-order valence-corrected chi connectivity index (χ1v) is 9.38. The highest BCUT2D eigenvalue weighted by atomic mass is 35.5. The lowest BCUT2D eigenvalue weighted by Crippen LogP contribution is -1.98. The van der Waals surface area contributed by atoms with E-state index in [-0.39, 0.29) is 5.78 Å². The molecule has 29 heavy (non-hydrogen) atoms. The van der Waals surface area contributed by atoms with E-state index in [0.717, 1.165) is 22.5 Å². The lowest BCUT2D eigenvalue weighted by molar-refractivity contribution is 0.104. The number of hydrogen-bond acceptors (Lipinski definition) is 4. The van der Waals surface area contributed by atoms with E-state index in [1.807, 2.05) is 65.2 Å².